The molecule has 1 saturated heterocycles. The maximum absolute atomic E-state index is 6.05. The molecule has 0 unspecified atom stereocenters. The molecule has 0 aromatic heterocycles. The normalized spacial score (nSPS) is 33.5. The second-order valence-corrected chi connectivity index (χ2v) is 6.60. The van der Waals surface area contributed by atoms with Gasteiger partial charge in [-0.25, -0.2) is 0 Å². The van der Waals surface area contributed by atoms with Crippen LogP contribution in [0.3, 0.4) is 0 Å². The molecule has 3 heteroatoms. The van der Waals surface area contributed by atoms with Crippen molar-refractivity contribution in [3.05, 3.63) is 0 Å². The molecule has 2 rings (SSSR count). The molecule has 2 fully saturated rings. The van der Waals surface area contributed by atoms with E-state index in [0.29, 0.717) is 0 Å². The molecule has 3 nitrogen and oxygen atoms in total. The first kappa shape index (κ1) is 14.3. The zero-order chi connectivity index (χ0) is 13.0. The van der Waals surface area contributed by atoms with Crippen molar-refractivity contribution in [2.24, 2.45) is 5.92 Å². The minimum absolute atomic E-state index is 0.174. The Morgan fingerprint density at radius 1 is 1.33 bits per heavy atom. The smallest absolute Gasteiger partial charge is 0.0808 e. The van der Waals surface area contributed by atoms with Crippen LogP contribution in [0.2, 0.25) is 0 Å². The van der Waals surface area contributed by atoms with E-state index in [1.54, 1.807) is 0 Å². The summed E-state index contributed by atoms with van der Waals surface area (Å²) in [5.74, 6) is 0.813. The Morgan fingerprint density at radius 3 is 2.61 bits per heavy atom. The van der Waals surface area contributed by atoms with Crippen LogP contribution in [0.25, 0.3) is 0 Å². The van der Waals surface area contributed by atoms with Crippen molar-refractivity contribution >= 4 is 0 Å². The predicted molar refractivity (Wildman–Crippen MR) is 75.9 cm³/mol. The number of hydrogen-bond acceptors (Lipinski definition) is 3. The Hall–Kier alpha value is -0.120. The fourth-order valence-corrected chi connectivity index (χ4v) is 3.24. The van der Waals surface area contributed by atoms with E-state index in [2.05, 4.69) is 31.1 Å². The fraction of sp³-hybridized carbons (Fsp3) is 1.00. The van der Waals surface area contributed by atoms with Crippen molar-refractivity contribution in [1.29, 1.82) is 0 Å². The van der Waals surface area contributed by atoms with Crippen LogP contribution < -0.4 is 5.32 Å². The number of rotatable bonds is 4. The highest BCUT2D eigenvalue weighted by atomic mass is 16.5. The van der Waals surface area contributed by atoms with Crippen LogP contribution in [-0.2, 0) is 4.74 Å². The topological polar surface area (TPSA) is 24.5 Å². The van der Waals surface area contributed by atoms with E-state index in [1.165, 1.54) is 38.6 Å². The van der Waals surface area contributed by atoms with E-state index in [9.17, 15) is 0 Å². The molecule has 1 heterocycles. The first-order chi connectivity index (χ1) is 8.61. The van der Waals surface area contributed by atoms with E-state index >= 15 is 0 Å². The minimum Gasteiger partial charge on any atom is -0.372 e. The van der Waals surface area contributed by atoms with Crippen LogP contribution in [-0.4, -0.2) is 49.8 Å². The summed E-state index contributed by atoms with van der Waals surface area (Å²) >= 11 is 0. The molecule has 106 valence electrons. The van der Waals surface area contributed by atoms with Gasteiger partial charge in [0.05, 0.1) is 12.2 Å². The number of nitrogens with one attached hydrogen (secondary N) is 1. The lowest BCUT2D eigenvalue weighted by atomic mass is 9.80. The summed E-state index contributed by atoms with van der Waals surface area (Å²) < 4.78 is 6.05. The highest BCUT2D eigenvalue weighted by molar-refractivity contribution is 4.93. The number of morpholine rings is 1. The largest absolute Gasteiger partial charge is 0.372 e. The Balaban J connectivity index is 1.75. The average molecular weight is 254 g/mol. The summed E-state index contributed by atoms with van der Waals surface area (Å²) in [6, 6.07) is 0.778. The zero-order valence-electron chi connectivity index (χ0n) is 12.4. The van der Waals surface area contributed by atoms with Gasteiger partial charge in [-0.1, -0.05) is 13.8 Å². The van der Waals surface area contributed by atoms with Gasteiger partial charge in [-0.15, -0.1) is 0 Å². The summed E-state index contributed by atoms with van der Waals surface area (Å²) in [5, 5.41) is 3.49. The van der Waals surface area contributed by atoms with Crippen molar-refractivity contribution < 1.29 is 4.74 Å². The molecule has 1 aliphatic heterocycles. The molecular formula is C15H30N2O. The van der Waals surface area contributed by atoms with Gasteiger partial charge >= 0.3 is 0 Å². The van der Waals surface area contributed by atoms with Gasteiger partial charge in [0, 0.05) is 19.1 Å². The van der Waals surface area contributed by atoms with Gasteiger partial charge < -0.3 is 15.0 Å². The molecule has 2 aliphatic rings. The van der Waals surface area contributed by atoms with Gasteiger partial charge in [0.25, 0.3) is 0 Å². The quantitative estimate of drug-likeness (QED) is 0.833. The van der Waals surface area contributed by atoms with Gasteiger partial charge in [0.1, 0.15) is 0 Å². The van der Waals surface area contributed by atoms with Crippen molar-refractivity contribution in [2.75, 3.05) is 33.3 Å². The summed E-state index contributed by atoms with van der Waals surface area (Å²) in [6.07, 6.45) is 6.39. The average Bonchev–Trinajstić information content (AvgIpc) is 2.38. The van der Waals surface area contributed by atoms with Crippen molar-refractivity contribution in [1.82, 2.24) is 10.2 Å². The first-order valence-electron chi connectivity index (χ1n) is 7.66. The molecule has 1 saturated carbocycles. The van der Waals surface area contributed by atoms with Crippen molar-refractivity contribution in [3.8, 4) is 0 Å². The Bertz CT molecular complexity index is 239. The van der Waals surface area contributed by atoms with E-state index in [-0.39, 0.29) is 5.60 Å². The van der Waals surface area contributed by atoms with Crippen molar-refractivity contribution in [3.63, 3.8) is 0 Å². The molecule has 1 N–H and O–H groups in total. The number of nitrogens with zero attached hydrogens (tertiary/aromatic N) is 1. The summed E-state index contributed by atoms with van der Waals surface area (Å²) in [6.45, 7) is 8.85. The van der Waals surface area contributed by atoms with E-state index in [1.807, 2.05) is 0 Å². The maximum atomic E-state index is 6.05. The summed E-state index contributed by atoms with van der Waals surface area (Å²) in [7, 11) is 2.30. The molecule has 0 radical (unpaired) electrons. The Labute approximate surface area is 112 Å². The lowest BCUT2D eigenvalue weighted by Gasteiger charge is -2.44. The molecule has 0 amide bonds. The third kappa shape index (κ3) is 3.69. The Kier molecular flexibility index (Phi) is 5.05. The highest BCUT2D eigenvalue weighted by Gasteiger charge is 2.38. The lowest BCUT2D eigenvalue weighted by Crippen LogP contribution is -2.53. The third-order valence-corrected chi connectivity index (χ3v) is 4.68. The molecule has 0 bridgehead atoms. The van der Waals surface area contributed by atoms with Crippen molar-refractivity contribution in [2.45, 2.75) is 57.6 Å². The number of hydrogen-bond donors (Lipinski definition) is 1. The van der Waals surface area contributed by atoms with Crippen LogP contribution in [0.15, 0.2) is 0 Å². The summed E-state index contributed by atoms with van der Waals surface area (Å²) in [5.41, 5.74) is 0.174. The molecule has 1 spiro atoms. The van der Waals surface area contributed by atoms with E-state index in [4.69, 9.17) is 4.74 Å². The molecular weight excluding hydrogens is 224 g/mol. The predicted octanol–water partition coefficient (Wildman–Crippen LogP) is 2.27. The molecule has 0 atom stereocenters. The second-order valence-electron chi connectivity index (χ2n) is 6.60. The SMILES string of the molecule is CC(C)CCN(C)[C@H]1CC[C@@]2(CC1)CNCCO2. The van der Waals surface area contributed by atoms with Gasteiger partial charge in [0.2, 0.25) is 0 Å². The zero-order valence-corrected chi connectivity index (χ0v) is 12.4. The minimum atomic E-state index is 0.174. The second kappa shape index (κ2) is 6.36. The highest BCUT2D eigenvalue weighted by Crippen LogP contribution is 2.34. The van der Waals surface area contributed by atoms with Gasteiger partial charge in [-0.2, -0.15) is 0 Å². The van der Waals surface area contributed by atoms with Gasteiger partial charge in [0.15, 0.2) is 0 Å². The van der Waals surface area contributed by atoms with Crippen LogP contribution in [0.5, 0.6) is 0 Å². The summed E-state index contributed by atoms with van der Waals surface area (Å²) in [4.78, 5) is 2.57. The fourth-order valence-electron chi connectivity index (χ4n) is 3.24. The molecule has 0 aromatic rings. The van der Waals surface area contributed by atoms with E-state index < -0.39 is 0 Å². The monoisotopic (exact) mass is 254 g/mol. The van der Waals surface area contributed by atoms with Gasteiger partial charge in [-0.3, -0.25) is 0 Å². The Morgan fingerprint density at radius 2 is 2.06 bits per heavy atom. The molecule has 0 aromatic carbocycles. The molecule has 18 heavy (non-hydrogen) atoms. The molecule has 1 aliphatic carbocycles. The first-order valence-corrected chi connectivity index (χ1v) is 7.66. The van der Waals surface area contributed by atoms with Crippen LogP contribution in [0.4, 0.5) is 0 Å². The number of ether oxygens (including phenoxy) is 1. The van der Waals surface area contributed by atoms with Gasteiger partial charge in [-0.05, 0) is 51.6 Å². The van der Waals surface area contributed by atoms with E-state index in [0.717, 1.165) is 31.7 Å². The lowest BCUT2D eigenvalue weighted by molar-refractivity contribution is -0.0971. The standard InChI is InChI=1S/C15H30N2O/c1-13(2)6-10-17(3)14-4-7-15(8-5-14)12-16-9-11-18-15/h13-14,16H,4-12H2,1-3H3/t14-,15+. The van der Waals surface area contributed by atoms with Crippen LogP contribution in [0, 0.1) is 5.92 Å². The van der Waals surface area contributed by atoms with Crippen LogP contribution >= 0.6 is 0 Å². The van der Waals surface area contributed by atoms with Crippen LogP contribution in [0.1, 0.15) is 46.0 Å². The maximum Gasteiger partial charge on any atom is 0.0808 e. The third-order valence-electron chi connectivity index (χ3n) is 4.68.